The molecule has 0 aromatic carbocycles. The molecule has 2 aliphatic rings. The van der Waals surface area contributed by atoms with E-state index in [0.717, 1.165) is 19.5 Å². The number of halogens is 1. The quantitative estimate of drug-likeness (QED) is 0.482. The number of hydrazine groups is 1. The maximum absolute atomic E-state index is 12.2. The van der Waals surface area contributed by atoms with E-state index in [0.29, 0.717) is 11.7 Å². The molecular formula is C14H21ClN6O2. The SMILES string of the molecule is Cl.O=C(CNC(=O)C1NNC2CCNCC21)Nc1cccnc1. The number of fused-ring (bicyclic) bond motifs is 1. The summed E-state index contributed by atoms with van der Waals surface area (Å²) in [5, 5.41) is 8.65. The predicted octanol–water partition coefficient (Wildman–Crippen LogP) is -0.987. The Balaban J connectivity index is 0.00000192. The highest BCUT2D eigenvalue weighted by Crippen LogP contribution is 2.19. The van der Waals surface area contributed by atoms with Gasteiger partial charge in [0.2, 0.25) is 11.8 Å². The Morgan fingerprint density at radius 2 is 2.22 bits per heavy atom. The molecule has 0 spiro atoms. The van der Waals surface area contributed by atoms with E-state index in [-0.39, 0.29) is 42.7 Å². The third kappa shape index (κ3) is 4.38. The summed E-state index contributed by atoms with van der Waals surface area (Å²) < 4.78 is 0. The Morgan fingerprint density at radius 1 is 1.35 bits per heavy atom. The summed E-state index contributed by atoms with van der Waals surface area (Å²) in [4.78, 5) is 27.9. The number of hydrogen-bond donors (Lipinski definition) is 5. The third-order valence-electron chi connectivity index (χ3n) is 4.03. The van der Waals surface area contributed by atoms with Gasteiger partial charge in [0, 0.05) is 24.7 Å². The first-order valence-corrected chi connectivity index (χ1v) is 7.43. The van der Waals surface area contributed by atoms with Crippen molar-refractivity contribution in [3.63, 3.8) is 0 Å². The number of carbonyl (C=O) groups excluding carboxylic acids is 2. The molecule has 8 nitrogen and oxygen atoms in total. The molecule has 1 aromatic heterocycles. The van der Waals surface area contributed by atoms with Crippen LogP contribution in [0.1, 0.15) is 6.42 Å². The van der Waals surface area contributed by atoms with E-state index in [9.17, 15) is 9.59 Å². The lowest BCUT2D eigenvalue weighted by Gasteiger charge is -2.27. The molecule has 2 amide bonds. The normalized spacial score (nSPS) is 25.8. The van der Waals surface area contributed by atoms with Crippen molar-refractivity contribution < 1.29 is 9.59 Å². The van der Waals surface area contributed by atoms with Crippen LogP contribution in [0.15, 0.2) is 24.5 Å². The van der Waals surface area contributed by atoms with Gasteiger partial charge in [0.25, 0.3) is 0 Å². The van der Waals surface area contributed by atoms with Gasteiger partial charge in [-0.2, -0.15) is 0 Å². The molecule has 126 valence electrons. The largest absolute Gasteiger partial charge is 0.346 e. The average Bonchev–Trinajstić information content (AvgIpc) is 2.98. The van der Waals surface area contributed by atoms with Gasteiger partial charge in [-0.3, -0.25) is 20.0 Å². The molecule has 3 unspecified atom stereocenters. The fourth-order valence-electron chi connectivity index (χ4n) is 2.90. The highest BCUT2D eigenvalue weighted by molar-refractivity contribution is 5.95. The Labute approximate surface area is 140 Å². The third-order valence-corrected chi connectivity index (χ3v) is 4.03. The summed E-state index contributed by atoms with van der Waals surface area (Å²) in [6, 6.07) is 3.47. The summed E-state index contributed by atoms with van der Waals surface area (Å²) in [5.74, 6) is -0.231. The van der Waals surface area contributed by atoms with Crippen LogP contribution < -0.4 is 26.8 Å². The van der Waals surface area contributed by atoms with Crippen LogP contribution in [0.2, 0.25) is 0 Å². The maximum Gasteiger partial charge on any atom is 0.243 e. The molecule has 0 saturated carbocycles. The summed E-state index contributed by atoms with van der Waals surface area (Å²) in [6.07, 6.45) is 4.17. The van der Waals surface area contributed by atoms with Crippen molar-refractivity contribution >= 4 is 29.9 Å². The van der Waals surface area contributed by atoms with Crippen molar-refractivity contribution in [3.8, 4) is 0 Å². The van der Waals surface area contributed by atoms with Crippen LogP contribution in [-0.2, 0) is 9.59 Å². The van der Waals surface area contributed by atoms with E-state index in [2.05, 4.69) is 31.8 Å². The molecule has 1 aromatic rings. The van der Waals surface area contributed by atoms with E-state index in [1.807, 2.05) is 0 Å². The minimum atomic E-state index is -0.316. The second-order valence-corrected chi connectivity index (χ2v) is 5.54. The lowest BCUT2D eigenvalue weighted by molar-refractivity contribution is -0.126. The summed E-state index contributed by atoms with van der Waals surface area (Å²) >= 11 is 0. The van der Waals surface area contributed by atoms with Gasteiger partial charge in [-0.25, -0.2) is 5.43 Å². The fourth-order valence-corrected chi connectivity index (χ4v) is 2.90. The van der Waals surface area contributed by atoms with Crippen LogP contribution in [-0.4, -0.2) is 48.5 Å². The lowest BCUT2D eigenvalue weighted by atomic mass is 9.89. The van der Waals surface area contributed by atoms with E-state index in [4.69, 9.17) is 0 Å². The average molecular weight is 341 g/mol. The minimum Gasteiger partial charge on any atom is -0.346 e. The predicted molar refractivity (Wildman–Crippen MR) is 87.9 cm³/mol. The van der Waals surface area contributed by atoms with Crippen LogP contribution in [0.4, 0.5) is 5.69 Å². The zero-order chi connectivity index (χ0) is 15.4. The van der Waals surface area contributed by atoms with Crippen molar-refractivity contribution in [1.29, 1.82) is 0 Å². The van der Waals surface area contributed by atoms with E-state index >= 15 is 0 Å². The number of hydrogen-bond acceptors (Lipinski definition) is 6. The molecule has 23 heavy (non-hydrogen) atoms. The van der Waals surface area contributed by atoms with Gasteiger partial charge in [-0.1, -0.05) is 0 Å². The number of pyridine rings is 1. The number of piperidine rings is 1. The zero-order valence-corrected chi connectivity index (χ0v) is 13.4. The number of amides is 2. The van der Waals surface area contributed by atoms with E-state index in [1.165, 1.54) is 0 Å². The Hall–Kier alpha value is -1.74. The summed E-state index contributed by atoms with van der Waals surface area (Å²) in [7, 11) is 0. The number of rotatable bonds is 4. The number of nitrogens with one attached hydrogen (secondary N) is 5. The van der Waals surface area contributed by atoms with Crippen molar-refractivity contribution in [1.82, 2.24) is 26.5 Å². The van der Waals surface area contributed by atoms with Crippen molar-refractivity contribution in [2.24, 2.45) is 5.92 Å². The van der Waals surface area contributed by atoms with Gasteiger partial charge < -0.3 is 16.0 Å². The molecule has 2 aliphatic heterocycles. The van der Waals surface area contributed by atoms with Crippen molar-refractivity contribution in [2.45, 2.75) is 18.5 Å². The first-order valence-electron chi connectivity index (χ1n) is 7.43. The van der Waals surface area contributed by atoms with Crippen LogP contribution in [0.3, 0.4) is 0 Å². The van der Waals surface area contributed by atoms with Crippen LogP contribution >= 0.6 is 12.4 Å². The molecule has 0 radical (unpaired) electrons. The van der Waals surface area contributed by atoms with Crippen molar-refractivity contribution in [2.75, 3.05) is 25.0 Å². The van der Waals surface area contributed by atoms with Crippen LogP contribution in [0, 0.1) is 5.92 Å². The molecule has 3 heterocycles. The molecule has 3 rings (SSSR count). The van der Waals surface area contributed by atoms with Gasteiger partial charge in [-0.05, 0) is 25.1 Å². The second-order valence-electron chi connectivity index (χ2n) is 5.54. The number of nitrogens with zero attached hydrogens (tertiary/aromatic N) is 1. The monoisotopic (exact) mass is 340 g/mol. The topological polar surface area (TPSA) is 107 Å². The smallest absolute Gasteiger partial charge is 0.243 e. The number of anilines is 1. The highest BCUT2D eigenvalue weighted by Gasteiger charge is 2.41. The number of carbonyl (C=O) groups is 2. The second kappa shape index (κ2) is 8.21. The van der Waals surface area contributed by atoms with Gasteiger partial charge in [-0.15, -0.1) is 12.4 Å². The maximum atomic E-state index is 12.2. The molecule has 0 bridgehead atoms. The zero-order valence-electron chi connectivity index (χ0n) is 12.5. The van der Waals surface area contributed by atoms with Gasteiger partial charge in [0.15, 0.2) is 0 Å². The molecule has 2 saturated heterocycles. The molecule has 0 aliphatic carbocycles. The standard InChI is InChI=1S/C14H20N6O2.ClH/c21-12(18-9-2-1-4-15-6-9)8-17-14(22)13-10-7-16-5-3-11(10)19-20-13;/h1-2,4,6,10-11,13,16,19-20H,3,5,7-8H2,(H,17,22)(H,18,21);1H. The summed E-state index contributed by atoms with van der Waals surface area (Å²) in [5.41, 5.74) is 6.80. The van der Waals surface area contributed by atoms with Crippen LogP contribution in [0.5, 0.6) is 0 Å². The van der Waals surface area contributed by atoms with Crippen molar-refractivity contribution in [3.05, 3.63) is 24.5 Å². The first kappa shape index (κ1) is 17.6. The molecule has 2 fully saturated rings. The summed E-state index contributed by atoms with van der Waals surface area (Å²) in [6.45, 7) is 1.69. The molecule has 5 N–H and O–H groups in total. The molecule has 9 heteroatoms. The van der Waals surface area contributed by atoms with E-state index in [1.54, 1.807) is 24.5 Å². The molecule has 3 atom stereocenters. The van der Waals surface area contributed by atoms with Crippen LogP contribution in [0.25, 0.3) is 0 Å². The van der Waals surface area contributed by atoms with Gasteiger partial charge in [0.05, 0.1) is 18.4 Å². The van der Waals surface area contributed by atoms with Gasteiger partial charge >= 0.3 is 0 Å². The highest BCUT2D eigenvalue weighted by atomic mass is 35.5. The number of aromatic nitrogens is 1. The minimum absolute atomic E-state index is 0. The fraction of sp³-hybridized carbons (Fsp3) is 0.500. The Morgan fingerprint density at radius 3 is 3.00 bits per heavy atom. The van der Waals surface area contributed by atoms with E-state index < -0.39 is 0 Å². The van der Waals surface area contributed by atoms with Gasteiger partial charge in [0.1, 0.15) is 6.04 Å². The lowest BCUT2D eigenvalue weighted by Crippen LogP contribution is -2.50. The Bertz CT molecular complexity index is 543. The molecular weight excluding hydrogens is 320 g/mol. The Kier molecular flexibility index (Phi) is 6.28. The first-order chi connectivity index (χ1) is 10.7.